The number of carbonyl (C=O) groups is 1. The summed E-state index contributed by atoms with van der Waals surface area (Å²) >= 11 is 6.12. The van der Waals surface area contributed by atoms with Crippen LogP contribution in [-0.2, 0) is 49.5 Å². The number of rotatable bonds is 15. The number of hydrogen-bond donors (Lipinski definition) is 4. The van der Waals surface area contributed by atoms with Crippen LogP contribution in [0.3, 0.4) is 0 Å². The number of aryl methyl sites for hydroxylation is 1. The minimum absolute atomic E-state index is 0.0375. The molecule has 4 N–H and O–H groups in total. The monoisotopic (exact) mass is 899 g/mol. The second kappa shape index (κ2) is 20.3. The van der Waals surface area contributed by atoms with Crippen molar-refractivity contribution in [2.75, 3.05) is 19.6 Å². The number of ether oxygens (including phenoxy) is 2. The molecule has 0 spiro atoms. The van der Waals surface area contributed by atoms with Gasteiger partial charge in [-0.05, 0) is 89.4 Å². The summed E-state index contributed by atoms with van der Waals surface area (Å²) < 4.78 is 43.0. The molecule has 6 aromatic rings. The van der Waals surface area contributed by atoms with Crippen molar-refractivity contribution in [3.8, 4) is 11.1 Å². The summed E-state index contributed by atoms with van der Waals surface area (Å²) in [6.07, 6.45) is 0.965. The van der Waals surface area contributed by atoms with Crippen LogP contribution >= 0.6 is 11.6 Å². The molecular formula is C52H54ClN3O7S. The summed E-state index contributed by atoms with van der Waals surface area (Å²) in [5, 5.41) is 24.9. The van der Waals surface area contributed by atoms with Gasteiger partial charge in [-0.15, -0.1) is 0 Å². The lowest BCUT2D eigenvalue weighted by Gasteiger charge is -2.42. The van der Waals surface area contributed by atoms with Crippen LogP contribution in [0.25, 0.3) is 11.1 Å². The summed E-state index contributed by atoms with van der Waals surface area (Å²) in [4.78, 5) is 16.3. The summed E-state index contributed by atoms with van der Waals surface area (Å²) in [7, 11) is -3.99. The van der Waals surface area contributed by atoms with Crippen LogP contribution in [0, 0.1) is 6.92 Å². The van der Waals surface area contributed by atoms with Crippen molar-refractivity contribution < 1.29 is 32.9 Å². The Kier molecular flexibility index (Phi) is 14.4. The standard InChI is InChI=1S/C52H54ClN3O7S/c1-36-11-25-46(26-12-36)64(60,61)55-48(31-37-7-3-2-4-8-37)50(58)54-33-42-9-5-6-10-47(42)39-17-19-41(20-18-39)51-62-45(32-49(63-51)40-15-13-38(35-57)14-16-40)34-56-29-27-52(59,28-30-56)43-21-23-44(53)24-22-43/h2-26,45,48-49,51,55,57,59H,27-35H2,1H3,(H,54,58)/t45-,48-,49+,51+/m1/s1. The first-order valence-corrected chi connectivity index (χ1v) is 23.6. The molecule has 0 bridgehead atoms. The molecule has 0 aromatic heterocycles. The molecule has 332 valence electrons. The van der Waals surface area contributed by atoms with Gasteiger partial charge in [0.05, 0.1) is 29.3 Å². The maximum absolute atomic E-state index is 13.9. The highest BCUT2D eigenvalue weighted by atomic mass is 35.5. The number of likely N-dealkylation sites (tertiary alicyclic amines) is 1. The van der Waals surface area contributed by atoms with Crippen LogP contribution < -0.4 is 10.0 Å². The zero-order valence-electron chi connectivity index (χ0n) is 35.8. The van der Waals surface area contributed by atoms with Crippen molar-refractivity contribution in [1.82, 2.24) is 14.9 Å². The third kappa shape index (κ3) is 11.2. The van der Waals surface area contributed by atoms with Gasteiger partial charge < -0.3 is 29.9 Å². The number of benzene rings is 6. The Hall–Kier alpha value is -5.21. The highest BCUT2D eigenvalue weighted by Crippen LogP contribution is 2.40. The fraction of sp³-hybridized carbons (Fsp3) is 0.288. The Morgan fingerprint density at radius 1 is 0.797 bits per heavy atom. The molecule has 0 radical (unpaired) electrons. The Morgan fingerprint density at radius 2 is 1.45 bits per heavy atom. The number of hydrogen-bond acceptors (Lipinski definition) is 8. The smallest absolute Gasteiger partial charge is 0.241 e. The molecule has 2 heterocycles. The number of halogens is 1. The lowest BCUT2D eigenvalue weighted by atomic mass is 9.84. The van der Waals surface area contributed by atoms with Gasteiger partial charge in [0, 0.05) is 43.2 Å². The second-order valence-corrected chi connectivity index (χ2v) is 19.0. The van der Waals surface area contributed by atoms with E-state index >= 15 is 0 Å². The third-order valence-corrected chi connectivity index (χ3v) is 14.1. The normalized spacial score (nSPS) is 19.5. The van der Waals surface area contributed by atoms with Crippen molar-refractivity contribution >= 4 is 27.5 Å². The van der Waals surface area contributed by atoms with Crippen LogP contribution in [0.2, 0.25) is 5.02 Å². The summed E-state index contributed by atoms with van der Waals surface area (Å²) in [6, 6.07) is 46.0. The van der Waals surface area contributed by atoms with Crippen LogP contribution in [-0.4, -0.2) is 61.2 Å². The number of aliphatic hydroxyl groups excluding tert-OH is 1. The van der Waals surface area contributed by atoms with E-state index in [9.17, 15) is 23.4 Å². The summed E-state index contributed by atoms with van der Waals surface area (Å²) in [5.74, 6) is -0.437. The molecule has 0 unspecified atom stereocenters. The Labute approximate surface area is 380 Å². The van der Waals surface area contributed by atoms with Crippen molar-refractivity contribution in [1.29, 1.82) is 0 Å². The van der Waals surface area contributed by atoms with E-state index in [0.717, 1.165) is 50.1 Å². The number of nitrogens with one attached hydrogen (secondary N) is 2. The highest BCUT2D eigenvalue weighted by molar-refractivity contribution is 7.89. The maximum atomic E-state index is 13.9. The maximum Gasteiger partial charge on any atom is 0.241 e. The van der Waals surface area contributed by atoms with Crippen molar-refractivity contribution in [2.45, 2.75) is 80.8 Å². The molecule has 2 aliphatic rings. The van der Waals surface area contributed by atoms with Gasteiger partial charge in [0.1, 0.15) is 6.04 Å². The van der Waals surface area contributed by atoms with Gasteiger partial charge in [0.2, 0.25) is 15.9 Å². The molecule has 6 aromatic carbocycles. The van der Waals surface area contributed by atoms with Gasteiger partial charge in [-0.2, -0.15) is 4.72 Å². The van der Waals surface area contributed by atoms with Gasteiger partial charge >= 0.3 is 0 Å². The molecule has 10 nitrogen and oxygen atoms in total. The second-order valence-electron chi connectivity index (χ2n) is 16.9. The van der Waals surface area contributed by atoms with E-state index in [0.29, 0.717) is 43.9 Å². The molecular weight excluding hydrogens is 846 g/mol. The highest BCUT2D eigenvalue weighted by Gasteiger charge is 2.37. The van der Waals surface area contributed by atoms with E-state index in [4.69, 9.17) is 21.1 Å². The van der Waals surface area contributed by atoms with Gasteiger partial charge in [-0.3, -0.25) is 4.79 Å². The number of nitrogens with zero attached hydrogens (tertiary/aromatic N) is 1. The molecule has 8 rings (SSSR count). The number of amides is 1. The fourth-order valence-corrected chi connectivity index (χ4v) is 9.89. The molecule has 2 fully saturated rings. The van der Waals surface area contributed by atoms with E-state index in [-0.39, 0.29) is 36.7 Å². The summed E-state index contributed by atoms with van der Waals surface area (Å²) in [6.45, 7) is 4.13. The fourth-order valence-electron chi connectivity index (χ4n) is 8.57. The molecule has 0 aliphatic carbocycles. The average Bonchev–Trinajstić information content (AvgIpc) is 3.32. The largest absolute Gasteiger partial charge is 0.392 e. The molecule has 2 aliphatic heterocycles. The molecule has 64 heavy (non-hydrogen) atoms. The minimum Gasteiger partial charge on any atom is -0.392 e. The van der Waals surface area contributed by atoms with Crippen molar-refractivity contribution in [3.63, 3.8) is 0 Å². The van der Waals surface area contributed by atoms with Crippen molar-refractivity contribution in [3.05, 3.63) is 196 Å². The summed E-state index contributed by atoms with van der Waals surface area (Å²) in [5.41, 5.74) is 7.14. The first kappa shape index (κ1) is 45.4. The predicted molar refractivity (Wildman–Crippen MR) is 249 cm³/mol. The lowest BCUT2D eigenvalue weighted by molar-refractivity contribution is -0.253. The van der Waals surface area contributed by atoms with Crippen LogP contribution in [0.1, 0.15) is 70.6 Å². The topological polar surface area (TPSA) is 137 Å². The van der Waals surface area contributed by atoms with E-state index < -0.39 is 33.9 Å². The number of piperidine rings is 1. The van der Waals surface area contributed by atoms with E-state index in [1.165, 1.54) is 12.1 Å². The molecule has 2 saturated heterocycles. The third-order valence-electron chi connectivity index (χ3n) is 12.3. The minimum atomic E-state index is -3.99. The first-order valence-electron chi connectivity index (χ1n) is 21.7. The zero-order valence-corrected chi connectivity index (χ0v) is 37.3. The number of aliphatic hydroxyl groups is 2. The molecule has 12 heteroatoms. The van der Waals surface area contributed by atoms with Gasteiger partial charge in [0.25, 0.3) is 0 Å². The lowest BCUT2D eigenvalue weighted by Crippen LogP contribution is -2.47. The molecule has 4 atom stereocenters. The van der Waals surface area contributed by atoms with E-state index in [1.807, 2.05) is 134 Å². The van der Waals surface area contributed by atoms with Crippen molar-refractivity contribution in [2.24, 2.45) is 0 Å². The number of sulfonamides is 1. The first-order chi connectivity index (χ1) is 30.9. The molecule has 1 amide bonds. The Balaban J connectivity index is 0.963. The predicted octanol–water partition coefficient (Wildman–Crippen LogP) is 8.54. The van der Waals surface area contributed by atoms with Gasteiger partial charge in [-0.1, -0.05) is 145 Å². The SMILES string of the molecule is Cc1ccc(S(=O)(=O)N[C@H](Cc2ccccc2)C(=O)NCc2ccccc2-c2ccc([C@H]3O[C@@H](CN4CCC(O)(c5ccc(Cl)cc5)CC4)C[C@@H](c4ccc(CO)cc4)O3)cc2)cc1. The zero-order chi connectivity index (χ0) is 44.7. The number of carbonyl (C=O) groups excluding carboxylic acids is 1. The average molecular weight is 901 g/mol. The molecule has 0 saturated carbocycles. The van der Waals surface area contributed by atoms with E-state index in [1.54, 1.807) is 12.1 Å². The Morgan fingerprint density at radius 3 is 2.14 bits per heavy atom. The van der Waals surface area contributed by atoms with Crippen LogP contribution in [0.5, 0.6) is 0 Å². The van der Waals surface area contributed by atoms with Crippen LogP contribution in [0.4, 0.5) is 0 Å². The van der Waals surface area contributed by atoms with Crippen LogP contribution in [0.15, 0.2) is 157 Å². The Bertz CT molecular complexity index is 2590. The quantitative estimate of drug-likeness (QED) is 0.0806. The van der Waals surface area contributed by atoms with E-state index in [2.05, 4.69) is 14.9 Å². The van der Waals surface area contributed by atoms with Gasteiger partial charge in [0.15, 0.2) is 6.29 Å². The van der Waals surface area contributed by atoms with Gasteiger partial charge in [-0.25, -0.2) is 8.42 Å².